The highest BCUT2D eigenvalue weighted by Crippen LogP contribution is 2.19. The molecule has 0 amide bonds. The van der Waals surface area contributed by atoms with E-state index >= 15 is 0 Å². The summed E-state index contributed by atoms with van der Waals surface area (Å²) in [4.78, 5) is 3.79. The van der Waals surface area contributed by atoms with Crippen LogP contribution in [0.25, 0.3) is 0 Å². The molecule has 1 atom stereocenters. The average Bonchev–Trinajstić information content (AvgIpc) is 2.20. The maximum Gasteiger partial charge on any atom is 0.210 e. The van der Waals surface area contributed by atoms with E-state index in [4.69, 9.17) is 9.84 Å². The van der Waals surface area contributed by atoms with Crippen molar-refractivity contribution < 1.29 is 9.84 Å². The molecule has 2 heterocycles. The molecule has 1 aromatic heterocycles. The second kappa shape index (κ2) is 3.72. The number of aromatic hydroxyl groups is 1. The number of morpholine rings is 1. The van der Waals surface area contributed by atoms with Crippen molar-refractivity contribution in [2.45, 2.75) is 6.10 Å². The Bertz CT molecular complexity index is 267. The molecule has 1 aromatic rings. The van der Waals surface area contributed by atoms with Crippen LogP contribution in [0, 0.1) is 0 Å². The standard InChI is InChI=1S/C9H11N2O2/c12-9-2-1-7(5-11-9)8-6-10-3-4-13-8/h1-2,5,8H,3-4,6H2,(H,11,12)/t8-/m1/s1. The van der Waals surface area contributed by atoms with Gasteiger partial charge in [0.1, 0.15) is 0 Å². The number of rotatable bonds is 1. The lowest BCUT2D eigenvalue weighted by molar-refractivity contribution is 0.0258. The highest BCUT2D eigenvalue weighted by atomic mass is 16.5. The van der Waals surface area contributed by atoms with Crippen molar-refractivity contribution in [3.8, 4) is 5.88 Å². The Balaban J connectivity index is 2.10. The van der Waals surface area contributed by atoms with Gasteiger partial charge in [0.15, 0.2) is 0 Å². The smallest absolute Gasteiger partial charge is 0.210 e. The summed E-state index contributed by atoms with van der Waals surface area (Å²) < 4.78 is 5.49. The Hall–Kier alpha value is -1.13. The van der Waals surface area contributed by atoms with Crippen LogP contribution in [0.2, 0.25) is 0 Å². The summed E-state index contributed by atoms with van der Waals surface area (Å²) >= 11 is 0. The second-order valence-electron chi connectivity index (χ2n) is 2.94. The van der Waals surface area contributed by atoms with Gasteiger partial charge in [-0.25, -0.2) is 10.3 Å². The predicted octanol–water partition coefficient (Wildman–Crippen LogP) is 0.463. The lowest BCUT2D eigenvalue weighted by Crippen LogP contribution is -2.28. The molecular weight excluding hydrogens is 168 g/mol. The highest BCUT2D eigenvalue weighted by Gasteiger charge is 2.16. The quantitative estimate of drug-likeness (QED) is 0.681. The van der Waals surface area contributed by atoms with Crippen LogP contribution in [0.15, 0.2) is 18.3 Å². The number of hydrogen-bond acceptors (Lipinski definition) is 3. The first-order valence-electron chi connectivity index (χ1n) is 4.26. The summed E-state index contributed by atoms with van der Waals surface area (Å²) in [5, 5.41) is 13.2. The van der Waals surface area contributed by atoms with Gasteiger partial charge in [-0.15, -0.1) is 0 Å². The van der Waals surface area contributed by atoms with E-state index in [9.17, 15) is 0 Å². The first-order chi connectivity index (χ1) is 6.36. The van der Waals surface area contributed by atoms with Crippen LogP contribution in [0.5, 0.6) is 5.88 Å². The largest absolute Gasteiger partial charge is 0.493 e. The summed E-state index contributed by atoms with van der Waals surface area (Å²) in [6.07, 6.45) is 1.64. The van der Waals surface area contributed by atoms with Crippen LogP contribution in [0.4, 0.5) is 0 Å². The predicted molar refractivity (Wildman–Crippen MR) is 46.5 cm³/mol. The van der Waals surface area contributed by atoms with E-state index in [2.05, 4.69) is 10.3 Å². The molecule has 0 saturated carbocycles. The van der Waals surface area contributed by atoms with Gasteiger partial charge in [-0.1, -0.05) is 0 Å². The van der Waals surface area contributed by atoms with E-state index in [0.29, 0.717) is 13.2 Å². The van der Waals surface area contributed by atoms with Crippen LogP contribution in [0.3, 0.4) is 0 Å². The molecule has 1 saturated heterocycles. The zero-order valence-corrected chi connectivity index (χ0v) is 7.18. The number of ether oxygens (including phenoxy) is 1. The molecule has 4 nitrogen and oxygen atoms in total. The molecule has 0 spiro atoms. The SMILES string of the molecule is Oc1ccc([C@H]2C[N]CCO2)cn1. The number of aromatic nitrogens is 1. The molecule has 0 unspecified atom stereocenters. The molecule has 1 fully saturated rings. The molecule has 0 bridgehead atoms. The minimum absolute atomic E-state index is 0.0156. The van der Waals surface area contributed by atoms with Crippen LogP contribution < -0.4 is 5.32 Å². The Morgan fingerprint density at radius 3 is 3.00 bits per heavy atom. The summed E-state index contributed by atoms with van der Waals surface area (Å²) in [7, 11) is 0. The average molecular weight is 179 g/mol. The van der Waals surface area contributed by atoms with Gasteiger partial charge in [0.2, 0.25) is 5.88 Å². The normalized spacial score (nSPS) is 22.9. The summed E-state index contributed by atoms with van der Waals surface area (Å²) in [5.74, 6) is 0.0384. The fraction of sp³-hybridized carbons (Fsp3) is 0.444. The van der Waals surface area contributed by atoms with E-state index in [1.165, 1.54) is 0 Å². The molecule has 1 N–H and O–H groups in total. The zero-order valence-electron chi connectivity index (χ0n) is 7.18. The van der Waals surface area contributed by atoms with E-state index < -0.39 is 0 Å². The minimum atomic E-state index is 0.0156. The van der Waals surface area contributed by atoms with Crippen molar-refractivity contribution in [3.05, 3.63) is 23.9 Å². The van der Waals surface area contributed by atoms with Gasteiger partial charge in [-0.3, -0.25) is 0 Å². The number of nitrogens with zero attached hydrogens (tertiary/aromatic N) is 2. The number of pyridine rings is 1. The van der Waals surface area contributed by atoms with Crippen LogP contribution in [0.1, 0.15) is 11.7 Å². The van der Waals surface area contributed by atoms with Gasteiger partial charge >= 0.3 is 0 Å². The first-order valence-corrected chi connectivity index (χ1v) is 4.26. The maximum atomic E-state index is 8.98. The van der Waals surface area contributed by atoms with Gasteiger partial charge in [-0.05, 0) is 6.07 Å². The maximum absolute atomic E-state index is 8.98. The molecule has 0 aliphatic carbocycles. The Labute approximate surface area is 76.6 Å². The Morgan fingerprint density at radius 1 is 1.46 bits per heavy atom. The van der Waals surface area contributed by atoms with Gasteiger partial charge in [0.25, 0.3) is 0 Å². The Morgan fingerprint density at radius 2 is 2.38 bits per heavy atom. The summed E-state index contributed by atoms with van der Waals surface area (Å²) in [5.41, 5.74) is 0.973. The molecule has 1 aliphatic heterocycles. The fourth-order valence-corrected chi connectivity index (χ4v) is 1.31. The van der Waals surface area contributed by atoms with E-state index in [-0.39, 0.29) is 12.0 Å². The molecule has 2 rings (SSSR count). The monoisotopic (exact) mass is 179 g/mol. The van der Waals surface area contributed by atoms with Crippen molar-refractivity contribution in [3.63, 3.8) is 0 Å². The lowest BCUT2D eigenvalue weighted by atomic mass is 10.1. The third-order valence-electron chi connectivity index (χ3n) is 2.01. The molecule has 13 heavy (non-hydrogen) atoms. The molecule has 4 heteroatoms. The van der Waals surface area contributed by atoms with Gasteiger partial charge in [-0.2, -0.15) is 0 Å². The molecule has 0 aromatic carbocycles. The minimum Gasteiger partial charge on any atom is -0.493 e. The Kier molecular flexibility index (Phi) is 2.42. The fourth-order valence-electron chi connectivity index (χ4n) is 1.31. The molecule has 1 aliphatic rings. The van der Waals surface area contributed by atoms with E-state index in [0.717, 1.165) is 12.1 Å². The van der Waals surface area contributed by atoms with Gasteiger partial charge in [0.05, 0.1) is 12.7 Å². The topological polar surface area (TPSA) is 56.5 Å². The van der Waals surface area contributed by atoms with Gasteiger partial charge < -0.3 is 9.84 Å². The van der Waals surface area contributed by atoms with Gasteiger partial charge in [0, 0.05) is 30.9 Å². The summed E-state index contributed by atoms with van der Waals surface area (Å²) in [6.45, 7) is 2.14. The second-order valence-corrected chi connectivity index (χ2v) is 2.94. The van der Waals surface area contributed by atoms with Crippen LogP contribution in [-0.4, -0.2) is 29.8 Å². The molecular formula is C9H11N2O2. The van der Waals surface area contributed by atoms with Crippen LogP contribution >= 0.6 is 0 Å². The van der Waals surface area contributed by atoms with E-state index in [1.807, 2.05) is 6.07 Å². The van der Waals surface area contributed by atoms with Crippen molar-refractivity contribution in [1.82, 2.24) is 10.3 Å². The third kappa shape index (κ3) is 1.96. The lowest BCUT2D eigenvalue weighted by Gasteiger charge is -2.22. The summed E-state index contributed by atoms with van der Waals surface area (Å²) in [6, 6.07) is 3.38. The number of hydrogen-bond donors (Lipinski definition) is 1. The first kappa shape index (κ1) is 8.47. The zero-order chi connectivity index (χ0) is 9.10. The van der Waals surface area contributed by atoms with Crippen molar-refractivity contribution in [2.75, 3.05) is 19.7 Å². The third-order valence-corrected chi connectivity index (χ3v) is 2.01. The van der Waals surface area contributed by atoms with Crippen molar-refractivity contribution in [2.24, 2.45) is 0 Å². The molecule has 69 valence electrons. The highest BCUT2D eigenvalue weighted by molar-refractivity contribution is 5.19. The van der Waals surface area contributed by atoms with Crippen molar-refractivity contribution in [1.29, 1.82) is 0 Å². The van der Waals surface area contributed by atoms with Crippen molar-refractivity contribution >= 4 is 0 Å². The van der Waals surface area contributed by atoms with Crippen LogP contribution in [-0.2, 0) is 4.74 Å². The van der Waals surface area contributed by atoms with E-state index in [1.54, 1.807) is 12.3 Å². The molecule has 1 radical (unpaired) electrons.